The maximum Gasteiger partial charge on any atom is 0.334 e. The first-order valence-corrected chi connectivity index (χ1v) is 49.5. The van der Waals surface area contributed by atoms with Crippen molar-refractivity contribution in [2.24, 2.45) is 0 Å². The average molecular weight is 2010 g/mol. The van der Waals surface area contributed by atoms with Crippen molar-refractivity contribution >= 4 is 91.9 Å². The van der Waals surface area contributed by atoms with Crippen molar-refractivity contribution in [2.75, 3.05) is 33.5 Å². The lowest BCUT2D eigenvalue weighted by molar-refractivity contribution is -0.167. The molecule has 1 aromatic heterocycles. The van der Waals surface area contributed by atoms with E-state index in [9.17, 15) is 47.9 Å². The molecule has 0 amide bonds. The molecule has 4 atom stereocenters. The zero-order chi connectivity index (χ0) is 108. The van der Waals surface area contributed by atoms with E-state index in [1.807, 2.05) is 248 Å². The van der Waals surface area contributed by atoms with Gasteiger partial charge in [-0.1, -0.05) is 298 Å². The van der Waals surface area contributed by atoms with Crippen LogP contribution in [-0.4, -0.2) is 110 Å². The molecule has 0 spiro atoms. The summed E-state index contributed by atoms with van der Waals surface area (Å²) in [5.41, 5.74) is 11.0. The van der Waals surface area contributed by atoms with Gasteiger partial charge in [0.15, 0.2) is 12.2 Å². The van der Waals surface area contributed by atoms with Crippen molar-refractivity contribution in [1.29, 1.82) is 0 Å². The van der Waals surface area contributed by atoms with Gasteiger partial charge in [-0.25, -0.2) is 43.2 Å². The van der Waals surface area contributed by atoms with Crippen molar-refractivity contribution in [1.82, 2.24) is 0 Å². The third-order valence-corrected chi connectivity index (χ3v) is 24.7. The Labute approximate surface area is 866 Å². The third-order valence-electron chi connectivity index (χ3n) is 23.5. The van der Waals surface area contributed by atoms with E-state index in [1.165, 1.54) is 22.4 Å². The first-order valence-electron chi connectivity index (χ1n) is 48.7. The Morgan fingerprint density at radius 3 is 1.17 bits per heavy atom. The first kappa shape index (κ1) is 120. The van der Waals surface area contributed by atoms with Crippen LogP contribution in [0.25, 0.3) is 32.0 Å². The number of fused-ring (bicyclic) bond motifs is 5. The van der Waals surface area contributed by atoms with Gasteiger partial charge in [-0.2, -0.15) is 0 Å². The van der Waals surface area contributed by atoms with E-state index in [1.54, 1.807) is 80.8 Å². The van der Waals surface area contributed by atoms with Gasteiger partial charge in [-0.05, 0) is 228 Å². The standard InChI is InChI=1S/C17H14O2.C17H16O2.C16H16O2.C15H16O2S.C13H16O2.C12H18O4.C12H14O2.C11H18O3.C10H16O3/c1-11(2)17(18)19-16-14-9-5-3-7-12(14)13-8-4-6-10-15(13)16;1-13(2)17(18)19-16(14-9-5-3-6-10-14)15-11-7-4-8-12-15;1-11(2)16(17)18-12(3)14-9-8-13-6-4-5-7-15(13)10-14;1-4-12(17-15(16)10(2)3)14-9-11-7-5-6-8-13(11)18-14;1-10(2)12(14)15-13(3,4)11-8-6-5-7-9-11;1-9(2)11(14)16-12(6-4-5-7-12)8-15-10(3)13;1-9(2)12(13)14-10(3)11-7-5-4-6-8-11;1-9(2)10(12)14-11(8-13-3)6-4-5-7-11;1-4-10(5-6-12-7-10)13-9(11)8(2)3/h3-10,16H,1H2,2H3;3-12,16H,1H2,2H3;4-10,12H,1H2,2-3H3;5-9,12H,2,4H2,1,3H3;5-9H,1H2,2-4H3;1,4-8H2,2-3H3;4-8,10H,1H2,2-3H3;1,4-8H2,2-3H3;2,4-7H2,1,3H3. The molecule has 0 N–H and O–H groups in total. The summed E-state index contributed by atoms with van der Waals surface area (Å²) in [5, 5.41) is 3.52. The van der Waals surface area contributed by atoms with E-state index in [4.69, 9.17) is 56.8 Å². The number of methoxy groups -OCH3 is 1. The molecule has 4 unspecified atom stereocenters. The third kappa shape index (κ3) is 38.9. The van der Waals surface area contributed by atoms with Gasteiger partial charge >= 0.3 is 59.7 Å². The number of thiophene rings is 1. The molecule has 1 saturated heterocycles. The summed E-state index contributed by atoms with van der Waals surface area (Å²) in [5.74, 6) is -3.47. The monoisotopic (exact) mass is 2000 g/mol. The smallest absolute Gasteiger partial charge is 0.334 e. The molecule has 4 aliphatic rings. The predicted molar refractivity (Wildman–Crippen MR) is 578 cm³/mol. The van der Waals surface area contributed by atoms with Gasteiger partial charge in [0.1, 0.15) is 47.3 Å². The molecule has 0 radical (unpaired) electrons. The lowest BCUT2D eigenvalue weighted by Gasteiger charge is -2.28. The van der Waals surface area contributed by atoms with Crippen LogP contribution in [0.15, 0.2) is 352 Å². The second-order valence-electron chi connectivity index (χ2n) is 37.0. The summed E-state index contributed by atoms with van der Waals surface area (Å²) in [4.78, 5) is 115. The van der Waals surface area contributed by atoms with E-state index < -0.39 is 28.9 Å². The van der Waals surface area contributed by atoms with Crippen LogP contribution in [0.2, 0.25) is 0 Å². The van der Waals surface area contributed by atoms with Crippen LogP contribution in [0.1, 0.15) is 256 Å². The SMILES string of the molecule is C=C(C)C(=O)OC(C)(C)c1ccccc1.C=C(C)C(=O)OC(C)c1ccc2ccccc2c1.C=C(C)C(=O)OC(C)c1ccccc1.C=C(C)C(=O)OC(CC)c1cc2ccccc2s1.C=C(C)C(=O)OC(c1ccccc1)c1ccccc1.C=C(C)C(=O)OC1(CC)CCOC1.C=C(C)C(=O)OC1(COC(C)=O)CCCC1.C=C(C)C(=O)OC1(COC)CCCC1.C=C(C)C(=O)OC1c2ccccc2-c2ccccc21. The fraction of sp³-hybridized carbons (Fsp3) is 0.333. The number of benzene rings is 9. The fourth-order valence-electron chi connectivity index (χ4n) is 15.0. The van der Waals surface area contributed by atoms with Gasteiger partial charge in [-0.3, -0.25) is 4.79 Å². The van der Waals surface area contributed by atoms with Crippen molar-refractivity contribution in [3.05, 3.63) is 396 Å². The summed E-state index contributed by atoms with van der Waals surface area (Å²) in [6, 6.07) is 79.2. The first-order chi connectivity index (χ1) is 69.2. The normalized spacial score (nSPS) is 14.5. The highest BCUT2D eigenvalue weighted by atomic mass is 32.1. The minimum atomic E-state index is -0.623. The Kier molecular flexibility index (Phi) is 49.1. The highest BCUT2D eigenvalue weighted by Gasteiger charge is 2.41. The molecule has 1 aliphatic heterocycles. The molecule has 10 aromatic rings. The Balaban J connectivity index is 0.000000252. The second kappa shape index (κ2) is 59.7. The quantitative estimate of drug-likeness (QED) is 0.0230. The largest absolute Gasteiger partial charge is 0.462 e. The molecule has 2 saturated carbocycles. The predicted octanol–water partition coefficient (Wildman–Crippen LogP) is 27.9. The number of hydrogen-bond donors (Lipinski definition) is 0. The zero-order valence-electron chi connectivity index (χ0n) is 87.8. The van der Waals surface area contributed by atoms with E-state index in [0.29, 0.717) is 70.0 Å². The number of hydrogen-bond acceptors (Lipinski definition) is 23. The summed E-state index contributed by atoms with van der Waals surface area (Å²) in [7, 11) is 1.63. The van der Waals surface area contributed by atoms with Crippen molar-refractivity contribution < 1.29 is 105 Å². The Morgan fingerprint density at radius 1 is 0.384 bits per heavy atom. The van der Waals surface area contributed by atoms with Gasteiger partial charge in [0.2, 0.25) is 0 Å². The van der Waals surface area contributed by atoms with Crippen molar-refractivity contribution in [3.8, 4) is 11.1 Å². The number of rotatable bonds is 30. The maximum atomic E-state index is 11.8. The highest BCUT2D eigenvalue weighted by molar-refractivity contribution is 7.19. The molecule has 9 aromatic carbocycles. The number of esters is 10. The van der Waals surface area contributed by atoms with Gasteiger partial charge in [-0.15, -0.1) is 11.3 Å². The fourth-order valence-corrected chi connectivity index (χ4v) is 16.2. The lowest BCUT2D eigenvalue weighted by Crippen LogP contribution is -2.38. The molecule has 3 aliphatic carbocycles. The maximum absolute atomic E-state index is 11.8. The van der Waals surface area contributed by atoms with Crippen LogP contribution in [0.4, 0.5) is 0 Å². The molecule has 14 rings (SSSR count). The van der Waals surface area contributed by atoms with Crippen LogP contribution in [-0.2, 0) is 110 Å². The van der Waals surface area contributed by atoms with Crippen molar-refractivity contribution in [2.45, 2.75) is 234 Å². The van der Waals surface area contributed by atoms with Crippen LogP contribution < -0.4 is 0 Å². The molecule has 3 fully saturated rings. The van der Waals surface area contributed by atoms with Gasteiger partial charge in [0.25, 0.3) is 0 Å². The van der Waals surface area contributed by atoms with Gasteiger partial charge in [0, 0.05) is 91.3 Å². The van der Waals surface area contributed by atoms with Crippen LogP contribution in [0, 0.1) is 0 Å². The second-order valence-corrected chi connectivity index (χ2v) is 38.1. The summed E-state index contributed by atoms with van der Waals surface area (Å²) >= 11 is 1.68. The molecule has 2 heterocycles. The van der Waals surface area contributed by atoms with Crippen LogP contribution in [0.5, 0.6) is 0 Å². The summed E-state index contributed by atoms with van der Waals surface area (Å²) in [6.07, 6.45) is 8.47. The van der Waals surface area contributed by atoms with Gasteiger partial charge < -0.3 is 56.8 Å². The Hall–Kier alpha value is -14.5. The average Bonchev–Trinajstić information content (AvgIpc) is 1.61. The molecular weight excluding hydrogens is 1860 g/mol. The zero-order valence-corrected chi connectivity index (χ0v) is 88.7. The Bertz CT molecular complexity index is 6020. The minimum absolute atomic E-state index is 0.154. The molecular formula is C123H144O22S. The van der Waals surface area contributed by atoms with Crippen LogP contribution >= 0.6 is 11.3 Å². The van der Waals surface area contributed by atoms with E-state index in [-0.39, 0.29) is 90.3 Å². The molecule has 0 bridgehead atoms. The van der Waals surface area contributed by atoms with E-state index in [0.717, 1.165) is 131 Å². The highest BCUT2D eigenvalue weighted by Crippen LogP contribution is 2.46. The van der Waals surface area contributed by atoms with E-state index in [2.05, 4.69) is 95.6 Å². The van der Waals surface area contributed by atoms with Gasteiger partial charge in [0.05, 0.1) is 19.8 Å². The lowest BCUT2D eigenvalue weighted by atomic mass is 9.98. The Morgan fingerprint density at radius 2 is 0.760 bits per heavy atom. The number of ether oxygens (including phenoxy) is 12. The minimum Gasteiger partial charge on any atom is -0.462 e. The molecule has 774 valence electrons. The topological polar surface area (TPSA) is 281 Å². The van der Waals surface area contributed by atoms with Crippen LogP contribution in [0.3, 0.4) is 0 Å². The molecule has 23 heteroatoms. The van der Waals surface area contributed by atoms with Crippen molar-refractivity contribution in [3.63, 3.8) is 0 Å². The summed E-state index contributed by atoms with van der Waals surface area (Å²) in [6.45, 7) is 61.7. The molecule has 22 nitrogen and oxygen atoms in total. The molecule has 146 heavy (non-hydrogen) atoms. The number of carbonyl (C=O) groups excluding carboxylic acids is 10. The summed E-state index contributed by atoms with van der Waals surface area (Å²) < 4.78 is 65.1. The number of carbonyl (C=O) groups is 10. The van der Waals surface area contributed by atoms with E-state index >= 15 is 0 Å².